The van der Waals surface area contributed by atoms with Crippen LogP contribution in [0.2, 0.25) is 24.2 Å². The van der Waals surface area contributed by atoms with Crippen LogP contribution in [0.25, 0.3) is 0 Å². The number of benzene rings is 2. The van der Waals surface area contributed by atoms with E-state index >= 15 is 0 Å². The van der Waals surface area contributed by atoms with Gasteiger partial charge >= 0.3 is 0 Å². The van der Waals surface area contributed by atoms with Crippen molar-refractivity contribution < 1.29 is 0 Å². The van der Waals surface area contributed by atoms with Crippen LogP contribution in [0.5, 0.6) is 0 Å². The van der Waals surface area contributed by atoms with Crippen molar-refractivity contribution in [3.05, 3.63) is 70.8 Å². The lowest BCUT2D eigenvalue weighted by Crippen LogP contribution is -2.49. The molecule has 0 N–H and O–H groups in total. The molecule has 2 aromatic rings. The first-order valence-corrected chi connectivity index (χ1v) is 24.7. The van der Waals surface area contributed by atoms with Crippen LogP contribution in [0.1, 0.15) is 170 Å². The van der Waals surface area contributed by atoms with Gasteiger partial charge in [0, 0.05) is 0 Å². The third-order valence-electron chi connectivity index (χ3n) is 16.3. The summed E-state index contributed by atoms with van der Waals surface area (Å²) in [7, 11) is -1.69. The molecule has 0 radical (unpaired) electrons. The van der Waals surface area contributed by atoms with Crippen LogP contribution in [0.4, 0.5) is 0 Å². The zero-order chi connectivity index (χ0) is 37.6. The predicted octanol–water partition coefficient (Wildman–Crippen LogP) is 15.1. The molecule has 4 aliphatic rings. The van der Waals surface area contributed by atoms with Crippen molar-refractivity contribution in [1.29, 1.82) is 0 Å². The molecule has 0 saturated heterocycles. The van der Waals surface area contributed by atoms with Gasteiger partial charge in [-0.25, -0.2) is 0 Å². The lowest BCUT2D eigenvalue weighted by Gasteiger charge is -2.52. The maximum atomic E-state index is 2.93. The van der Waals surface area contributed by atoms with E-state index < -0.39 is 8.07 Å². The van der Waals surface area contributed by atoms with Gasteiger partial charge in [-0.05, 0) is 153 Å². The molecule has 12 atom stereocenters. The summed E-state index contributed by atoms with van der Waals surface area (Å²) < 4.78 is 0. The van der Waals surface area contributed by atoms with Gasteiger partial charge in [0.2, 0.25) is 0 Å². The molecule has 1 heteroatoms. The van der Waals surface area contributed by atoms with Crippen LogP contribution < -0.4 is 0 Å². The molecule has 2 aromatic carbocycles. The first-order chi connectivity index (χ1) is 23.4. The Morgan fingerprint density at radius 2 is 0.745 bits per heavy atom. The molecule has 12 unspecified atom stereocenters. The Morgan fingerprint density at radius 3 is 1.02 bits per heavy atom. The van der Waals surface area contributed by atoms with Crippen molar-refractivity contribution in [2.24, 2.45) is 58.2 Å². The Bertz CT molecular complexity index is 1370. The molecule has 0 amide bonds. The smallest absolute Gasteiger partial charge is 0.0546 e. The largest absolute Gasteiger partial charge is 0.0689 e. The molecule has 6 rings (SSSR count). The summed E-state index contributed by atoms with van der Waals surface area (Å²) in [6.07, 6.45) is 8.62. The van der Waals surface area contributed by atoms with E-state index in [2.05, 4.69) is 159 Å². The van der Waals surface area contributed by atoms with Gasteiger partial charge in [0.25, 0.3) is 0 Å². The Morgan fingerprint density at radius 1 is 0.431 bits per heavy atom. The van der Waals surface area contributed by atoms with E-state index in [9.17, 15) is 0 Å². The highest BCUT2D eigenvalue weighted by atomic mass is 28.3. The van der Waals surface area contributed by atoms with E-state index in [0.29, 0.717) is 22.7 Å². The Kier molecular flexibility index (Phi) is 10.4. The van der Waals surface area contributed by atoms with E-state index in [1.54, 1.807) is 11.1 Å². The highest BCUT2D eigenvalue weighted by molar-refractivity contribution is 6.80. The molecular formula is C50H80Si. The van der Waals surface area contributed by atoms with Gasteiger partial charge in [0.1, 0.15) is 0 Å². The molecule has 4 aliphatic carbocycles. The third-order valence-corrected chi connectivity index (χ3v) is 21.8. The molecule has 4 saturated carbocycles. The van der Waals surface area contributed by atoms with Crippen molar-refractivity contribution in [2.45, 2.75) is 182 Å². The normalized spacial score (nSPS) is 36.5. The lowest BCUT2D eigenvalue weighted by atomic mass is 9.60. The average Bonchev–Trinajstić information content (AvgIpc) is 3.54. The van der Waals surface area contributed by atoms with Crippen molar-refractivity contribution in [2.75, 3.05) is 0 Å². The zero-order valence-electron chi connectivity index (χ0n) is 36.3. The van der Waals surface area contributed by atoms with Gasteiger partial charge < -0.3 is 0 Å². The minimum absolute atomic E-state index is 0.208. The molecule has 0 nitrogen and oxygen atoms in total. The molecule has 0 aromatic heterocycles. The Labute approximate surface area is 318 Å². The average molecular weight is 709 g/mol. The highest BCUT2D eigenvalue weighted by Gasteiger charge is 2.61. The zero-order valence-corrected chi connectivity index (χ0v) is 37.3. The molecule has 51 heavy (non-hydrogen) atoms. The predicted molar refractivity (Wildman–Crippen MR) is 227 cm³/mol. The minimum atomic E-state index is -1.69. The third kappa shape index (κ3) is 7.52. The molecule has 0 heterocycles. The molecule has 0 aliphatic heterocycles. The van der Waals surface area contributed by atoms with Crippen LogP contribution in [0.15, 0.2) is 48.5 Å². The second-order valence-corrected chi connectivity index (χ2v) is 29.0. The van der Waals surface area contributed by atoms with Crippen molar-refractivity contribution in [1.82, 2.24) is 0 Å². The molecule has 284 valence electrons. The minimum Gasteiger partial charge on any atom is -0.0689 e. The first-order valence-electron chi connectivity index (χ1n) is 21.6. The summed E-state index contributed by atoms with van der Waals surface area (Å²) in [5.41, 5.74) is 9.27. The quantitative estimate of drug-likeness (QED) is 0.277. The van der Waals surface area contributed by atoms with Crippen LogP contribution in [-0.4, -0.2) is 8.07 Å². The molecule has 0 bridgehead atoms. The van der Waals surface area contributed by atoms with Crippen molar-refractivity contribution in [3.8, 4) is 0 Å². The van der Waals surface area contributed by atoms with Gasteiger partial charge in [-0.15, -0.1) is 0 Å². The number of rotatable bonds is 4. The fraction of sp³-hybridized carbons (Fsp3) is 0.760. The van der Waals surface area contributed by atoms with Crippen molar-refractivity contribution in [3.63, 3.8) is 0 Å². The van der Waals surface area contributed by atoms with Crippen LogP contribution in [0.3, 0.4) is 0 Å². The fourth-order valence-electron chi connectivity index (χ4n) is 13.7. The van der Waals surface area contributed by atoms with Gasteiger partial charge in [0.05, 0.1) is 8.07 Å². The number of hydrogen-bond donors (Lipinski definition) is 0. The second-order valence-electron chi connectivity index (χ2n) is 24.0. The molecule has 0 spiro atoms. The molecular weight excluding hydrogens is 629 g/mol. The van der Waals surface area contributed by atoms with Gasteiger partial charge in [-0.1, -0.05) is 159 Å². The summed E-state index contributed by atoms with van der Waals surface area (Å²) >= 11 is 0. The highest BCUT2D eigenvalue weighted by Crippen LogP contribution is 2.69. The Hall–Kier alpha value is -1.34. The topological polar surface area (TPSA) is 0 Å². The van der Waals surface area contributed by atoms with E-state index in [4.69, 9.17) is 0 Å². The summed E-state index contributed by atoms with van der Waals surface area (Å²) in [5.74, 6) is 8.23. The van der Waals surface area contributed by atoms with E-state index in [0.717, 1.165) is 58.4 Å². The van der Waals surface area contributed by atoms with Gasteiger partial charge in [0.15, 0.2) is 0 Å². The standard InChI is InChI=1S/C50H80Si/c1-31-25-41-39(33-17-21-35(22-18-33)47(3,4)5)27-37(49(9,10)11)29-43(41)45(31)51(15,16)46-32(2)26-42-40(28-38(30-44(42)46)50(12,13)14)34-19-23-36(24-20-34)48(6,7)8/h17-24,31-32,37-46H,25-30H2,1-16H3. The van der Waals surface area contributed by atoms with E-state index in [-0.39, 0.29) is 10.8 Å². The number of fused-ring (bicyclic) bond motifs is 2. The lowest BCUT2D eigenvalue weighted by molar-refractivity contribution is 0.0892. The summed E-state index contributed by atoms with van der Waals surface area (Å²) in [6, 6.07) is 20.1. The SMILES string of the molecule is CC1CC2C(c3ccc(C(C)(C)C)cc3)CC(C(C)(C)C)CC2C1[Si](C)(C)C1C(C)CC2C(c3ccc(C(C)(C)C)cc3)CC(C(C)(C)C)CC21. The van der Waals surface area contributed by atoms with E-state index in [1.807, 2.05) is 0 Å². The summed E-state index contributed by atoms with van der Waals surface area (Å²) in [5, 5.41) is 0. The Balaban J connectivity index is 1.35. The van der Waals surface area contributed by atoms with Crippen LogP contribution in [-0.2, 0) is 10.8 Å². The van der Waals surface area contributed by atoms with Crippen LogP contribution in [0, 0.1) is 58.2 Å². The fourth-order valence-corrected chi connectivity index (χ4v) is 20.3. The van der Waals surface area contributed by atoms with Gasteiger partial charge in [-0.2, -0.15) is 0 Å². The summed E-state index contributed by atoms with van der Waals surface area (Å²) in [4.78, 5) is 0. The summed E-state index contributed by atoms with van der Waals surface area (Å²) in [6.45, 7) is 40.8. The molecule has 4 fully saturated rings. The maximum Gasteiger partial charge on any atom is 0.0546 e. The first kappa shape index (κ1) is 39.4. The number of hydrogen-bond acceptors (Lipinski definition) is 0. The van der Waals surface area contributed by atoms with Crippen LogP contribution >= 0.6 is 0 Å². The van der Waals surface area contributed by atoms with Crippen molar-refractivity contribution >= 4 is 8.07 Å². The van der Waals surface area contributed by atoms with E-state index in [1.165, 1.54) is 49.7 Å². The van der Waals surface area contributed by atoms with Gasteiger partial charge in [-0.3, -0.25) is 0 Å². The maximum absolute atomic E-state index is 2.93. The second kappa shape index (κ2) is 13.4. The monoisotopic (exact) mass is 709 g/mol.